The van der Waals surface area contributed by atoms with Crippen molar-refractivity contribution in [1.82, 2.24) is 4.98 Å². The molecule has 2 aromatic heterocycles. The molecule has 2 N–H and O–H groups in total. The van der Waals surface area contributed by atoms with Crippen LogP contribution in [0.25, 0.3) is 22.0 Å². The molecule has 0 bridgehead atoms. The van der Waals surface area contributed by atoms with Crippen LogP contribution in [0.15, 0.2) is 61.1 Å². The first-order chi connectivity index (χ1) is 15.9. The number of fused-ring (bicyclic) bond motifs is 4. The highest BCUT2D eigenvalue weighted by molar-refractivity contribution is 5.91. The van der Waals surface area contributed by atoms with Crippen LogP contribution >= 0.6 is 0 Å². The number of aromatic carboxylic acids is 1. The number of phenolic OH excluding ortho intramolecular Hbond substituents is 2. The number of hydrogen-bond donors (Lipinski definition) is 2. The summed E-state index contributed by atoms with van der Waals surface area (Å²) in [6.45, 7) is 0.794. The molecule has 8 heteroatoms. The zero-order valence-electron chi connectivity index (χ0n) is 18.1. The van der Waals surface area contributed by atoms with Gasteiger partial charge < -0.3 is 29.6 Å². The number of rotatable bonds is 3. The molecule has 5 rings (SSSR count). The average molecular weight is 446 g/mol. The molecule has 0 unspecified atom stereocenters. The Bertz CT molecular complexity index is 1340. The second-order valence-corrected chi connectivity index (χ2v) is 7.43. The molecule has 0 saturated carbocycles. The van der Waals surface area contributed by atoms with Crippen LogP contribution in [0.1, 0.15) is 15.9 Å². The third kappa shape index (κ3) is 4.23. The van der Waals surface area contributed by atoms with Crippen molar-refractivity contribution < 1.29 is 34.2 Å². The van der Waals surface area contributed by atoms with Crippen LogP contribution in [0.5, 0.6) is 23.0 Å². The summed E-state index contributed by atoms with van der Waals surface area (Å²) in [5.74, 6) is 0.0427. The van der Waals surface area contributed by atoms with Gasteiger partial charge in [0.05, 0.1) is 31.1 Å². The standard InChI is InChI=1S/C19H17NO4.C6H5NO2/c1-23-18-4-3-11-7-15-13-9-17(22)16(21)8-12(13)5-6-20(15)10-14(11)19(18)24-2;8-6(9)5-2-1-3-7-4-5/h3-4,7-10,22H,5-6H2,1-2H3;1-4H,(H,8,9). The van der Waals surface area contributed by atoms with Crippen molar-refractivity contribution in [2.75, 3.05) is 14.2 Å². The zero-order valence-corrected chi connectivity index (χ0v) is 18.1. The minimum atomic E-state index is -1.19. The molecule has 0 atom stereocenters. The van der Waals surface area contributed by atoms with E-state index in [1.54, 1.807) is 32.4 Å². The first-order valence-corrected chi connectivity index (χ1v) is 10.2. The number of phenols is 2. The molecule has 8 nitrogen and oxygen atoms in total. The Morgan fingerprint density at radius 3 is 2.52 bits per heavy atom. The van der Waals surface area contributed by atoms with Gasteiger partial charge in [-0.05, 0) is 41.3 Å². The molecule has 0 spiro atoms. The highest BCUT2D eigenvalue weighted by atomic mass is 16.5. The Morgan fingerprint density at radius 1 is 1.09 bits per heavy atom. The minimum absolute atomic E-state index is 0.0746. The van der Waals surface area contributed by atoms with Gasteiger partial charge in [0.2, 0.25) is 5.69 Å². The van der Waals surface area contributed by atoms with Crippen LogP contribution in [0.4, 0.5) is 0 Å². The van der Waals surface area contributed by atoms with Gasteiger partial charge in [-0.1, -0.05) is 6.07 Å². The summed E-state index contributed by atoms with van der Waals surface area (Å²) in [6, 6.07) is 12.2. The number of aryl methyl sites for hydroxylation is 2. The van der Waals surface area contributed by atoms with Crippen molar-refractivity contribution in [3.05, 3.63) is 72.2 Å². The van der Waals surface area contributed by atoms with Crippen LogP contribution in [-0.4, -0.2) is 35.4 Å². The Morgan fingerprint density at radius 2 is 1.88 bits per heavy atom. The molecule has 2 aromatic carbocycles. The number of benzene rings is 2. The van der Waals surface area contributed by atoms with Crippen LogP contribution in [-0.2, 0) is 13.0 Å². The number of methoxy groups -OCH3 is 2. The van der Waals surface area contributed by atoms with E-state index in [0.29, 0.717) is 11.5 Å². The molecule has 0 radical (unpaired) electrons. The summed E-state index contributed by atoms with van der Waals surface area (Å²) < 4.78 is 13.1. The van der Waals surface area contributed by atoms with Gasteiger partial charge >= 0.3 is 0 Å². The average Bonchev–Trinajstić information content (AvgIpc) is 2.84. The number of aromatic hydroxyl groups is 2. The second-order valence-electron chi connectivity index (χ2n) is 7.43. The van der Waals surface area contributed by atoms with E-state index in [-0.39, 0.29) is 17.1 Å². The number of carbonyl (C=O) groups is 1. The fourth-order valence-electron chi connectivity index (χ4n) is 3.89. The fourth-order valence-corrected chi connectivity index (χ4v) is 3.89. The first-order valence-electron chi connectivity index (χ1n) is 10.2. The number of hydrogen-bond acceptors (Lipinski definition) is 7. The largest absolute Gasteiger partial charge is 0.545 e. The van der Waals surface area contributed by atoms with Crippen molar-refractivity contribution in [1.29, 1.82) is 0 Å². The smallest absolute Gasteiger partial charge is 0.213 e. The predicted molar refractivity (Wildman–Crippen MR) is 118 cm³/mol. The molecule has 1 aliphatic heterocycles. The summed E-state index contributed by atoms with van der Waals surface area (Å²) in [5.41, 5.74) is 3.09. The Hall–Kier alpha value is -4.33. The van der Waals surface area contributed by atoms with Gasteiger partial charge in [-0.25, -0.2) is 0 Å². The van der Waals surface area contributed by atoms with Gasteiger partial charge in [0.1, 0.15) is 0 Å². The van der Waals surface area contributed by atoms with Crippen molar-refractivity contribution in [3.8, 4) is 34.3 Å². The summed E-state index contributed by atoms with van der Waals surface area (Å²) in [5, 5.41) is 31.7. The Kier molecular flexibility index (Phi) is 5.99. The SMILES string of the molecule is COc1ccc2cc3[n+](cc2c1OC)CCc1cc(O)c(O)cc1-3.O=C([O-])c1cccnc1. The summed E-state index contributed by atoms with van der Waals surface area (Å²) in [7, 11) is 3.26. The van der Waals surface area contributed by atoms with E-state index < -0.39 is 5.97 Å². The molecule has 33 heavy (non-hydrogen) atoms. The van der Waals surface area contributed by atoms with Gasteiger partial charge in [-0.15, -0.1) is 0 Å². The minimum Gasteiger partial charge on any atom is -0.545 e. The van der Waals surface area contributed by atoms with Gasteiger partial charge in [0, 0.05) is 30.4 Å². The van der Waals surface area contributed by atoms with Crippen LogP contribution < -0.4 is 19.1 Å². The Labute approximate surface area is 189 Å². The van der Waals surface area contributed by atoms with Crippen molar-refractivity contribution in [2.45, 2.75) is 13.0 Å². The Balaban J connectivity index is 0.000000243. The molecule has 3 heterocycles. The van der Waals surface area contributed by atoms with Crippen molar-refractivity contribution >= 4 is 16.7 Å². The lowest BCUT2D eigenvalue weighted by molar-refractivity contribution is -0.686. The van der Waals surface area contributed by atoms with Crippen molar-refractivity contribution in [3.63, 3.8) is 0 Å². The van der Waals surface area contributed by atoms with E-state index in [0.717, 1.165) is 40.6 Å². The van der Waals surface area contributed by atoms with E-state index >= 15 is 0 Å². The maximum atomic E-state index is 10.0. The lowest BCUT2D eigenvalue weighted by atomic mass is 9.95. The summed E-state index contributed by atoms with van der Waals surface area (Å²) in [4.78, 5) is 13.6. The number of carbonyl (C=O) groups excluding carboxylic acids is 1. The first kappa shape index (κ1) is 21.9. The lowest BCUT2D eigenvalue weighted by Crippen LogP contribution is -2.40. The zero-order chi connectivity index (χ0) is 23.5. The third-order valence-electron chi connectivity index (χ3n) is 5.50. The van der Waals surface area contributed by atoms with Gasteiger partial charge in [-0.2, -0.15) is 4.57 Å². The predicted octanol–water partition coefficient (Wildman–Crippen LogP) is 2.22. The number of carboxylic acids is 1. The molecule has 0 amide bonds. The van der Waals surface area contributed by atoms with Gasteiger partial charge in [-0.3, -0.25) is 4.98 Å². The summed E-state index contributed by atoms with van der Waals surface area (Å²) in [6.07, 6.45) is 5.60. The van der Waals surface area contributed by atoms with E-state index in [1.165, 1.54) is 18.5 Å². The van der Waals surface area contributed by atoms with Crippen molar-refractivity contribution in [2.24, 2.45) is 0 Å². The number of carboxylic acid groups (broad SMARTS) is 1. The highest BCUT2D eigenvalue weighted by Gasteiger charge is 2.26. The molecule has 0 aliphatic carbocycles. The maximum absolute atomic E-state index is 10.0. The van der Waals surface area contributed by atoms with Gasteiger partial charge in [0.15, 0.2) is 35.7 Å². The fraction of sp³-hybridized carbons (Fsp3) is 0.160. The number of pyridine rings is 2. The van der Waals surface area contributed by atoms with Gasteiger partial charge in [0.25, 0.3) is 0 Å². The molecule has 4 aromatic rings. The normalized spacial score (nSPS) is 11.6. The second kappa shape index (κ2) is 9.04. The molecule has 168 valence electrons. The highest BCUT2D eigenvalue weighted by Crippen LogP contribution is 2.39. The van der Waals surface area contributed by atoms with E-state index in [9.17, 15) is 20.1 Å². The quantitative estimate of drug-likeness (QED) is 0.366. The molecule has 1 aliphatic rings. The topological polar surface area (TPSA) is 116 Å². The third-order valence-corrected chi connectivity index (χ3v) is 5.50. The van der Waals surface area contributed by atoms with E-state index in [1.807, 2.05) is 12.1 Å². The van der Waals surface area contributed by atoms with Crippen LogP contribution in [0.3, 0.4) is 0 Å². The van der Waals surface area contributed by atoms with Crippen LogP contribution in [0, 0.1) is 0 Å². The van der Waals surface area contributed by atoms with E-state index in [4.69, 9.17) is 9.47 Å². The lowest BCUT2D eigenvalue weighted by Gasteiger charge is -2.17. The van der Waals surface area contributed by atoms with Crippen LogP contribution in [0.2, 0.25) is 0 Å². The molecule has 0 fully saturated rings. The monoisotopic (exact) mass is 446 g/mol. The maximum Gasteiger partial charge on any atom is 0.213 e. The summed E-state index contributed by atoms with van der Waals surface area (Å²) >= 11 is 0. The number of ether oxygens (including phenoxy) is 2. The molecular weight excluding hydrogens is 424 g/mol. The molecule has 0 saturated heterocycles. The molecular formula is C25H22N2O6. The number of aromatic nitrogens is 2. The van der Waals surface area contributed by atoms with E-state index in [2.05, 4.69) is 21.8 Å². The number of nitrogens with zero attached hydrogens (tertiary/aromatic N) is 2.